The second-order valence-electron chi connectivity index (χ2n) is 7.06. The average Bonchev–Trinajstić information content (AvgIpc) is 2.51. The van der Waals surface area contributed by atoms with Crippen molar-refractivity contribution in [1.82, 2.24) is 4.90 Å². The molecule has 6 heteroatoms. The number of hydrogen-bond donors (Lipinski definition) is 1. The SMILES string of the molecule is CN(C)CC(O)COc1cc2ccc(=O)oc2c2c1OC(C)(C)C=C2. The van der Waals surface area contributed by atoms with E-state index in [-0.39, 0.29) is 6.61 Å². The molecule has 0 bridgehead atoms. The average molecular weight is 345 g/mol. The van der Waals surface area contributed by atoms with Crippen molar-refractivity contribution in [3.05, 3.63) is 40.3 Å². The molecule has 2 heterocycles. The first-order valence-corrected chi connectivity index (χ1v) is 8.20. The molecule has 1 aliphatic heterocycles. The summed E-state index contributed by atoms with van der Waals surface area (Å²) in [6.07, 6.45) is 3.17. The number of rotatable bonds is 5. The van der Waals surface area contributed by atoms with E-state index < -0.39 is 17.3 Å². The molecule has 2 aromatic rings. The molecule has 6 nitrogen and oxygen atoms in total. The molecule has 1 N–H and O–H groups in total. The van der Waals surface area contributed by atoms with Crippen molar-refractivity contribution in [3.8, 4) is 11.5 Å². The van der Waals surface area contributed by atoms with Gasteiger partial charge in [0.2, 0.25) is 0 Å². The van der Waals surface area contributed by atoms with Gasteiger partial charge in [-0.15, -0.1) is 0 Å². The van der Waals surface area contributed by atoms with E-state index in [1.54, 1.807) is 12.1 Å². The van der Waals surface area contributed by atoms with E-state index in [9.17, 15) is 9.90 Å². The molecule has 134 valence electrons. The number of likely N-dealkylation sites (N-methyl/N-ethyl adjacent to an activating group) is 1. The molecule has 1 aromatic heterocycles. The standard InChI is InChI=1S/C19H23NO5/c1-19(2)8-7-14-17-12(5-6-16(22)24-17)9-15(18(14)25-19)23-11-13(21)10-20(3)4/h5-9,13,21H,10-11H2,1-4H3. The van der Waals surface area contributed by atoms with Crippen molar-refractivity contribution in [2.75, 3.05) is 27.2 Å². The Morgan fingerprint density at radius 1 is 1.32 bits per heavy atom. The number of ether oxygens (including phenoxy) is 2. The van der Waals surface area contributed by atoms with E-state index in [1.807, 2.05) is 45.0 Å². The molecule has 1 aliphatic rings. The van der Waals surface area contributed by atoms with Gasteiger partial charge in [-0.3, -0.25) is 0 Å². The van der Waals surface area contributed by atoms with E-state index in [1.165, 1.54) is 6.07 Å². The van der Waals surface area contributed by atoms with Crippen LogP contribution in [0.2, 0.25) is 0 Å². The first-order chi connectivity index (χ1) is 11.7. The van der Waals surface area contributed by atoms with Crippen LogP contribution < -0.4 is 15.1 Å². The van der Waals surface area contributed by atoms with Crippen molar-refractivity contribution in [1.29, 1.82) is 0 Å². The molecule has 1 aromatic carbocycles. The Balaban J connectivity index is 2.02. The molecule has 0 amide bonds. The highest BCUT2D eigenvalue weighted by molar-refractivity contribution is 5.91. The van der Waals surface area contributed by atoms with Gasteiger partial charge < -0.3 is 23.9 Å². The summed E-state index contributed by atoms with van der Waals surface area (Å²) in [7, 11) is 3.78. The number of nitrogens with zero attached hydrogens (tertiary/aromatic N) is 1. The lowest BCUT2D eigenvalue weighted by molar-refractivity contribution is 0.0784. The number of aliphatic hydroxyl groups is 1. The van der Waals surface area contributed by atoms with Crippen LogP contribution in [-0.2, 0) is 0 Å². The molecular formula is C19H23NO5. The summed E-state index contributed by atoms with van der Waals surface area (Å²) < 4.78 is 17.3. The summed E-state index contributed by atoms with van der Waals surface area (Å²) in [6.45, 7) is 4.50. The topological polar surface area (TPSA) is 72.1 Å². The van der Waals surface area contributed by atoms with Crippen LogP contribution in [0.4, 0.5) is 0 Å². The Bertz CT molecular complexity index is 866. The van der Waals surface area contributed by atoms with Crippen LogP contribution in [0.5, 0.6) is 11.5 Å². The normalized spacial score (nSPS) is 16.6. The molecule has 0 fully saturated rings. The Morgan fingerprint density at radius 2 is 2.08 bits per heavy atom. The smallest absolute Gasteiger partial charge is 0.336 e. The van der Waals surface area contributed by atoms with Crippen molar-refractivity contribution < 1.29 is 19.0 Å². The minimum Gasteiger partial charge on any atom is -0.487 e. The second-order valence-corrected chi connectivity index (χ2v) is 7.06. The molecule has 25 heavy (non-hydrogen) atoms. The highest BCUT2D eigenvalue weighted by atomic mass is 16.5. The van der Waals surface area contributed by atoms with Gasteiger partial charge in [0, 0.05) is 18.0 Å². The van der Waals surface area contributed by atoms with Crippen LogP contribution in [0.25, 0.3) is 17.0 Å². The lowest BCUT2D eigenvalue weighted by Gasteiger charge is -2.29. The van der Waals surface area contributed by atoms with Crippen LogP contribution in [-0.4, -0.2) is 49.0 Å². The van der Waals surface area contributed by atoms with Crippen molar-refractivity contribution >= 4 is 17.0 Å². The first-order valence-electron chi connectivity index (χ1n) is 8.20. The van der Waals surface area contributed by atoms with Crippen molar-refractivity contribution in [3.63, 3.8) is 0 Å². The second kappa shape index (κ2) is 6.54. The van der Waals surface area contributed by atoms with Gasteiger partial charge in [0.25, 0.3) is 0 Å². The fraction of sp³-hybridized carbons (Fsp3) is 0.421. The summed E-state index contributed by atoms with van der Waals surface area (Å²) in [5, 5.41) is 10.8. The quantitative estimate of drug-likeness (QED) is 0.838. The molecular weight excluding hydrogens is 322 g/mol. The van der Waals surface area contributed by atoms with Gasteiger partial charge in [-0.05, 0) is 52.2 Å². The number of hydrogen-bond acceptors (Lipinski definition) is 6. The third-order valence-corrected chi connectivity index (χ3v) is 3.89. The fourth-order valence-electron chi connectivity index (χ4n) is 2.80. The molecule has 0 aliphatic carbocycles. The van der Waals surface area contributed by atoms with Gasteiger partial charge in [0.1, 0.15) is 23.9 Å². The van der Waals surface area contributed by atoms with Gasteiger partial charge in [-0.1, -0.05) is 0 Å². The van der Waals surface area contributed by atoms with Crippen LogP contribution in [0.1, 0.15) is 19.4 Å². The molecule has 0 radical (unpaired) electrons. The Labute approximate surface area is 146 Å². The predicted octanol–water partition coefficient (Wildman–Crippen LogP) is 2.28. The number of aliphatic hydroxyl groups excluding tert-OH is 1. The van der Waals surface area contributed by atoms with E-state index in [0.717, 1.165) is 5.39 Å². The molecule has 0 spiro atoms. The van der Waals surface area contributed by atoms with E-state index >= 15 is 0 Å². The van der Waals surface area contributed by atoms with Gasteiger partial charge in [-0.25, -0.2) is 4.79 Å². The Morgan fingerprint density at radius 3 is 2.80 bits per heavy atom. The van der Waals surface area contributed by atoms with Gasteiger partial charge >= 0.3 is 5.63 Å². The number of benzene rings is 1. The Kier molecular flexibility index (Phi) is 4.58. The van der Waals surface area contributed by atoms with Gasteiger partial charge in [0.15, 0.2) is 11.5 Å². The third-order valence-electron chi connectivity index (χ3n) is 3.89. The summed E-state index contributed by atoms with van der Waals surface area (Å²) in [5.41, 5.74) is 0.223. The van der Waals surface area contributed by atoms with E-state index in [2.05, 4.69) is 0 Å². The van der Waals surface area contributed by atoms with E-state index in [0.29, 0.717) is 29.2 Å². The van der Waals surface area contributed by atoms with Crippen molar-refractivity contribution in [2.24, 2.45) is 0 Å². The zero-order valence-corrected chi connectivity index (χ0v) is 14.9. The molecule has 1 atom stereocenters. The van der Waals surface area contributed by atoms with Crippen LogP contribution >= 0.6 is 0 Å². The summed E-state index contributed by atoms with van der Waals surface area (Å²) in [5.74, 6) is 1.04. The highest BCUT2D eigenvalue weighted by Gasteiger charge is 2.27. The zero-order valence-electron chi connectivity index (χ0n) is 14.9. The van der Waals surface area contributed by atoms with Gasteiger partial charge in [0.05, 0.1) is 5.56 Å². The zero-order chi connectivity index (χ0) is 18.2. The van der Waals surface area contributed by atoms with Gasteiger partial charge in [-0.2, -0.15) is 0 Å². The summed E-state index contributed by atoms with van der Waals surface area (Å²) in [4.78, 5) is 13.5. The van der Waals surface area contributed by atoms with Crippen LogP contribution in [0.3, 0.4) is 0 Å². The highest BCUT2D eigenvalue weighted by Crippen LogP contribution is 2.43. The number of fused-ring (bicyclic) bond motifs is 3. The lowest BCUT2D eigenvalue weighted by atomic mass is 10.00. The molecule has 3 rings (SSSR count). The Hall–Kier alpha value is -2.31. The summed E-state index contributed by atoms with van der Waals surface area (Å²) >= 11 is 0. The third kappa shape index (κ3) is 3.86. The summed E-state index contributed by atoms with van der Waals surface area (Å²) in [6, 6.07) is 4.84. The van der Waals surface area contributed by atoms with Crippen LogP contribution in [0.15, 0.2) is 33.5 Å². The maximum absolute atomic E-state index is 11.6. The minimum atomic E-state index is -0.623. The minimum absolute atomic E-state index is 0.139. The molecule has 0 saturated heterocycles. The maximum atomic E-state index is 11.6. The first kappa shape index (κ1) is 17.5. The predicted molar refractivity (Wildman–Crippen MR) is 96.3 cm³/mol. The molecule has 1 unspecified atom stereocenters. The fourth-order valence-corrected chi connectivity index (χ4v) is 2.80. The monoisotopic (exact) mass is 345 g/mol. The van der Waals surface area contributed by atoms with Crippen molar-refractivity contribution in [2.45, 2.75) is 25.6 Å². The lowest BCUT2D eigenvalue weighted by Crippen LogP contribution is -2.31. The van der Waals surface area contributed by atoms with Crippen LogP contribution in [0, 0.1) is 0 Å². The molecule has 0 saturated carbocycles. The maximum Gasteiger partial charge on any atom is 0.336 e. The van der Waals surface area contributed by atoms with E-state index in [4.69, 9.17) is 13.9 Å². The largest absolute Gasteiger partial charge is 0.487 e.